The molecule has 0 spiro atoms. The van der Waals surface area contributed by atoms with Crippen LogP contribution in [0.25, 0.3) is 0 Å². The zero-order chi connectivity index (χ0) is 16.5. The van der Waals surface area contributed by atoms with Crippen molar-refractivity contribution < 1.29 is 9.18 Å². The van der Waals surface area contributed by atoms with E-state index in [2.05, 4.69) is 29.2 Å². The Morgan fingerprint density at radius 3 is 2.21 bits per heavy atom. The molecule has 0 radical (unpaired) electrons. The molecule has 0 amide bonds. The molecule has 2 nitrogen and oxygen atoms in total. The third-order valence-corrected chi connectivity index (χ3v) is 5.59. The van der Waals surface area contributed by atoms with Gasteiger partial charge in [-0.2, -0.15) is 0 Å². The molecule has 0 aliphatic carbocycles. The second-order valence-electron chi connectivity index (χ2n) is 7.08. The molecule has 2 unspecified atom stereocenters. The summed E-state index contributed by atoms with van der Waals surface area (Å²) in [5.41, 5.74) is 2.00. The van der Waals surface area contributed by atoms with Gasteiger partial charge in [0.05, 0.1) is 0 Å². The van der Waals surface area contributed by atoms with Crippen molar-refractivity contribution in [2.45, 2.75) is 44.3 Å². The standard InChI is InChI=1S/C21H22FNO/c22-18-8-6-16(7-9-18)21(24)17-12-19-10-11-20(13-17)23(19)14-15-4-2-1-3-5-15/h1-9,17,19-20H,10-14H2. The number of piperidine rings is 1. The maximum absolute atomic E-state index is 13.1. The van der Waals surface area contributed by atoms with E-state index in [0.717, 1.165) is 19.4 Å². The van der Waals surface area contributed by atoms with E-state index in [4.69, 9.17) is 0 Å². The van der Waals surface area contributed by atoms with Crippen LogP contribution < -0.4 is 0 Å². The molecule has 2 aromatic rings. The smallest absolute Gasteiger partial charge is 0.166 e. The van der Waals surface area contributed by atoms with Crippen LogP contribution in [-0.2, 0) is 6.54 Å². The van der Waals surface area contributed by atoms with Crippen LogP contribution in [0.15, 0.2) is 54.6 Å². The topological polar surface area (TPSA) is 20.3 Å². The maximum Gasteiger partial charge on any atom is 0.166 e. The molecule has 2 atom stereocenters. The number of nitrogens with zero attached hydrogens (tertiary/aromatic N) is 1. The van der Waals surface area contributed by atoms with Gasteiger partial charge in [0, 0.05) is 30.1 Å². The summed E-state index contributed by atoms with van der Waals surface area (Å²) in [5.74, 6) is -0.0180. The molecule has 2 bridgehead atoms. The van der Waals surface area contributed by atoms with Crippen molar-refractivity contribution in [3.63, 3.8) is 0 Å². The van der Waals surface area contributed by atoms with Crippen molar-refractivity contribution in [3.05, 3.63) is 71.5 Å². The Kier molecular flexibility index (Phi) is 4.19. The second kappa shape index (κ2) is 6.48. The van der Waals surface area contributed by atoms with Crippen molar-refractivity contribution in [2.24, 2.45) is 5.92 Å². The highest BCUT2D eigenvalue weighted by atomic mass is 19.1. The Balaban J connectivity index is 1.46. The van der Waals surface area contributed by atoms with Crippen molar-refractivity contribution >= 4 is 5.78 Å². The highest BCUT2D eigenvalue weighted by molar-refractivity contribution is 5.98. The lowest BCUT2D eigenvalue weighted by Crippen LogP contribution is -2.44. The largest absolute Gasteiger partial charge is 0.294 e. The first-order valence-corrected chi connectivity index (χ1v) is 8.80. The molecule has 2 saturated heterocycles. The highest BCUT2D eigenvalue weighted by Gasteiger charge is 2.42. The Hall–Kier alpha value is -2.00. The molecular weight excluding hydrogens is 301 g/mol. The molecule has 2 aliphatic rings. The minimum Gasteiger partial charge on any atom is -0.294 e. The van der Waals surface area contributed by atoms with Gasteiger partial charge in [0.1, 0.15) is 5.82 Å². The van der Waals surface area contributed by atoms with Gasteiger partial charge in [-0.3, -0.25) is 9.69 Å². The Morgan fingerprint density at radius 1 is 0.958 bits per heavy atom. The summed E-state index contributed by atoms with van der Waals surface area (Å²) in [6.45, 7) is 0.980. The van der Waals surface area contributed by atoms with Gasteiger partial charge >= 0.3 is 0 Å². The predicted molar refractivity (Wildman–Crippen MR) is 92.2 cm³/mol. The highest BCUT2D eigenvalue weighted by Crippen LogP contribution is 2.40. The molecular formula is C21H22FNO. The van der Waals surface area contributed by atoms with E-state index in [0.29, 0.717) is 17.6 Å². The SMILES string of the molecule is O=C(c1ccc(F)cc1)C1CC2CCC(C1)N2Cc1ccccc1. The first-order chi connectivity index (χ1) is 11.7. The molecule has 2 heterocycles. The number of ketones is 1. The third-order valence-electron chi connectivity index (χ3n) is 5.59. The fourth-order valence-corrected chi connectivity index (χ4v) is 4.39. The van der Waals surface area contributed by atoms with Gasteiger partial charge in [-0.25, -0.2) is 4.39 Å². The minimum absolute atomic E-state index is 0.0833. The molecule has 2 aromatic carbocycles. The number of hydrogen-bond donors (Lipinski definition) is 0. The van der Waals surface area contributed by atoms with Gasteiger partial charge in [-0.1, -0.05) is 30.3 Å². The first kappa shape index (κ1) is 15.5. The summed E-state index contributed by atoms with van der Waals surface area (Å²) in [7, 11) is 0. The van der Waals surface area contributed by atoms with Crippen LogP contribution in [0.4, 0.5) is 4.39 Å². The van der Waals surface area contributed by atoms with E-state index in [1.54, 1.807) is 12.1 Å². The van der Waals surface area contributed by atoms with E-state index in [-0.39, 0.29) is 17.5 Å². The van der Waals surface area contributed by atoms with Crippen LogP contribution in [-0.4, -0.2) is 22.8 Å². The quantitative estimate of drug-likeness (QED) is 0.775. The lowest BCUT2D eigenvalue weighted by molar-refractivity contribution is 0.0678. The lowest BCUT2D eigenvalue weighted by atomic mass is 9.84. The van der Waals surface area contributed by atoms with E-state index in [1.807, 2.05) is 6.07 Å². The van der Waals surface area contributed by atoms with Crippen molar-refractivity contribution in [1.82, 2.24) is 4.90 Å². The molecule has 0 saturated carbocycles. The van der Waals surface area contributed by atoms with Crippen LogP contribution in [0.5, 0.6) is 0 Å². The number of rotatable bonds is 4. The van der Waals surface area contributed by atoms with Gasteiger partial charge in [0.2, 0.25) is 0 Å². The fraction of sp³-hybridized carbons (Fsp3) is 0.381. The Labute approximate surface area is 142 Å². The van der Waals surface area contributed by atoms with E-state index in [9.17, 15) is 9.18 Å². The summed E-state index contributed by atoms with van der Waals surface area (Å²) >= 11 is 0. The number of benzene rings is 2. The molecule has 2 aliphatic heterocycles. The van der Waals surface area contributed by atoms with Crippen molar-refractivity contribution in [1.29, 1.82) is 0 Å². The second-order valence-corrected chi connectivity index (χ2v) is 7.08. The number of Topliss-reactive ketones (excluding diaryl/α,β-unsaturated/α-hetero) is 1. The number of hydrogen-bond acceptors (Lipinski definition) is 2. The third kappa shape index (κ3) is 3.01. The molecule has 2 fully saturated rings. The summed E-state index contributed by atoms with van der Waals surface area (Å²) < 4.78 is 13.1. The van der Waals surface area contributed by atoms with Gasteiger partial charge in [0.15, 0.2) is 5.78 Å². The zero-order valence-electron chi connectivity index (χ0n) is 13.7. The monoisotopic (exact) mass is 323 g/mol. The van der Waals surface area contributed by atoms with Crippen molar-refractivity contribution in [2.75, 3.05) is 0 Å². The van der Waals surface area contributed by atoms with Crippen LogP contribution in [0.1, 0.15) is 41.6 Å². The molecule has 4 rings (SSSR count). The number of halogens is 1. The van der Waals surface area contributed by atoms with E-state index in [1.165, 1.54) is 30.5 Å². The summed E-state index contributed by atoms with van der Waals surface area (Å²) in [4.78, 5) is 15.3. The lowest BCUT2D eigenvalue weighted by Gasteiger charge is -2.38. The summed E-state index contributed by atoms with van der Waals surface area (Å²) in [6, 6.07) is 17.6. The normalized spacial score (nSPS) is 26.5. The van der Waals surface area contributed by atoms with Gasteiger partial charge in [-0.05, 0) is 55.5 Å². The molecule has 124 valence electrons. The summed E-state index contributed by atoms with van der Waals surface area (Å²) in [5, 5.41) is 0. The van der Waals surface area contributed by atoms with Gasteiger partial charge < -0.3 is 0 Å². The summed E-state index contributed by atoms with van der Waals surface area (Å²) in [6.07, 6.45) is 4.23. The van der Waals surface area contributed by atoms with Crippen LogP contribution in [0.2, 0.25) is 0 Å². The average molecular weight is 323 g/mol. The zero-order valence-corrected chi connectivity index (χ0v) is 13.7. The van der Waals surface area contributed by atoms with Crippen LogP contribution >= 0.6 is 0 Å². The van der Waals surface area contributed by atoms with Crippen molar-refractivity contribution in [3.8, 4) is 0 Å². The fourth-order valence-electron chi connectivity index (χ4n) is 4.39. The Bertz CT molecular complexity index is 698. The first-order valence-electron chi connectivity index (χ1n) is 8.80. The van der Waals surface area contributed by atoms with Gasteiger partial charge in [0.25, 0.3) is 0 Å². The number of carbonyl (C=O) groups is 1. The molecule has 0 aromatic heterocycles. The molecule has 24 heavy (non-hydrogen) atoms. The average Bonchev–Trinajstić information content (AvgIpc) is 2.84. The van der Waals surface area contributed by atoms with E-state index >= 15 is 0 Å². The molecule has 0 N–H and O–H groups in total. The predicted octanol–water partition coefficient (Wildman–Crippen LogP) is 4.45. The Morgan fingerprint density at radius 2 is 1.58 bits per heavy atom. The minimum atomic E-state index is -0.288. The van der Waals surface area contributed by atoms with E-state index < -0.39 is 0 Å². The van der Waals surface area contributed by atoms with Crippen LogP contribution in [0.3, 0.4) is 0 Å². The number of carbonyl (C=O) groups excluding carboxylic acids is 1. The van der Waals surface area contributed by atoms with Gasteiger partial charge in [-0.15, -0.1) is 0 Å². The maximum atomic E-state index is 13.1. The van der Waals surface area contributed by atoms with Crippen LogP contribution in [0, 0.1) is 11.7 Å². The molecule has 3 heteroatoms. The number of fused-ring (bicyclic) bond motifs is 2.